The Morgan fingerprint density at radius 1 is 0.456 bits per heavy atom. The van der Waals surface area contributed by atoms with Gasteiger partial charge in [-0.2, -0.15) is 10.2 Å². The van der Waals surface area contributed by atoms with E-state index in [2.05, 4.69) is 31.5 Å². The van der Waals surface area contributed by atoms with E-state index in [4.69, 9.17) is 49.3 Å². The molecule has 4 N–H and O–H groups in total. The summed E-state index contributed by atoms with van der Waals surface area (Å²) in [6, 6.07) is 20.3. The Labute approximate surface area is 471 Å². The molecular formula is C52H87N7O16SSi3. The zero-order chi connectivity index (χ0) is 57.8. The number of alkyl carbamates (subject to hydrolysis) is 2. The number of amides is 4. The Balaban J connectivity index is 1.61. The summed E-state index contributed by atoms with van der Waals surface area (Å²) in [5.74, 6) is 0. The molecule has 0 spiro atoms. The molecule has 0 unspecified atom stereocenters. The molecule has 4 amide bonds. The molecule has 79 heavy (non-hydrogen) atoms. The normalized spacial score (nSPS) is 12.1. The van der Waals surface area contributed by atoms with Gasteiger partial charge in [0, 0.05) is 109 Å². The summed E-state index contributed by atoms with van der Waals surface area (Å²) in [5.41, 5.74) is 2.08. The molecule has 0 atom stereocenters. The second-order valence-electron chi connectivity index (χ2n) is 17.0. The number of carbonyl (C=O) groups excluding carboxylic acids is 3. The number of hydrogen-bond acceptors (Lipinski definition) is 19. The van der Waals surface area contributed by atoms with Gasteiger partial charge >= 0.3 is 44.6 Å². The van der Waals surface area contributed by atoms with Crippen molar-refractivity contribution in [2.75, 3.05) is 116 Å². The van der Waals surface area contributed by atoms with Crippen molar-refractivity contribution in [3.05, 3.63) is 72.8 Å². The number of carbonyl (C=O) groups is 3. The lowest BCUT2D eigenvalue weighted by atomic mass is 10.2. The van der Waals surface area contributed by atoms with Gasteiger partial charge in [-0.15, -0.1) is 0 Å². The fourth-order valence-corrected chi connectivity index (χ4v) is 17.1. The van der Waals surface area contributed by atoms with E-state index in [1.807, 2.05) is 79.3 Å². The third-order valence-electron chi connectivity index (χ3n) is 11.3. The molecule has 0 fully saturated rings. The molecule has 444 valence electrons. The molecule has 0 bridgehead atoms. The highest BCUT2D eigenvalue weighted by Crippen LogP contribution is 2.27. The summed E-state index contributed by atoms with van der Waals surface area (Å²) < 4.78 is 91.3. The molecule has 0 aliphatic heterocycles. The van der Waals surface area contributed by atoms with Gasteiger partial charge in [-0.1, -0.05) is 0 Å². The quantitative estimate of drug-likeness (QED) is 0.0234. The summed E-state index contributed by atoms with van der Waals surface area (Å²) in [4.78, 5) is 40.1. The Kier molecular flexibility index (Phi) is 32.8. The van der Waals surface area contributed by atoms with Crippen LogP contribution in [0.1, 0.15) is 81.6 Å². The van der Waals surface area contributed by atoms with Gasteiger partial charge in [0.1, 0.15) is 13.2 Å². The van der Waals surface area contributed by atoms with Crippen molar-refractivity contribution >= 4 is 77.2 Å². The lowest BCUT2D eigenvalue weighted by molar-refractivity contribution is 0.0699. The molecule has 0 saturated carbocycles. The third kappa shape index (κ3) is 24.8. The van der Waals surface area contributed by atoms with E-state index in [0.29, 0.717) is 134 Å². The van der Waals surface area contributed by atoms with Crippen LogP contribution in [0.25, 0.3) is 0 Å². The molecule has 23 nitrogen and oxygen atoms in total. The summed E-state index contributed by atoms with van der Waals surface area (Å²) in [6.07, 6.45) is 0.563. The Morgan fingerprint density at radius 2 is 0.772 bits per heavy atom. The average Bonchev–Trinajstić information content (AvgIpc) is 3.48. The van der Waals surface area contributed by atoms with Crippen LogP contribution in [0.4, 0.5) is 37.1 Å². The number of nitrogens with zero attached hydrogens (tertiary/aromatic N) is 3. The van der Waals surface area contributed by atoms with E-state index in [9.17, 15) is 22.8 Å². The van der Waals surface area contributed by atoms with Crippen molar-refractivity contribution < 1.29 is 72.1 Å². The molecule has 3 aromatic carbocycles. The van der Waals surface area contributed by atoms with Gasteiger partial charge in [0.25, 0.3) is 0 Å². The van der Waals surface area contributed by atoms with Crippen LogP contribution >= 0.6 is 0 Å². The monoisotopic (exact) mass is 1180 g/mol. The Bertz CT molecular complexity index is 2230. The Hall–Kier alpha value is -4.89. The SMILES string of the molecule is CCO[Si](CCCNC(=O)Nc1ccc(S(=O)(=O)c2ccc(N=Nc3ccc(N(CCOC(=O)NCCC[Si](OCC)(OCC)OCC)CCOC(=O)NCCC[Si](OCC)(OCC)OCC)cc3)cc2)cc1)(OCC)OCC. The number of azo groups is 1. The first-order valence-corrected chi connectivity index (χ1v) is 34.8. The third-order valence-corrected chi connectivity index (χ3v) is 22.6. The van der Waals surface area contributed by atoms with Crippen LogP contribution in [0.2, 0.25) is 18.1 Å². The smallest absolute Gasteiger partial charge is 0.448 e. The highest BCUT2D eigenvalue weighted by atomic mass is 32.2. The number of rotatable bonds is 42. The van der Waals surface area contributed by atoms with Crippen LogP contribution < -0.4 is 26.2 Å². The Morgan fingerprint density at radius 3 is 1.11 bits per heavy atom. The number of benzene rings is 3. The van der Waals surface area contributed by atoms with E-state index < -0.39 is 54.5 Å². The lowest BCUT2D eigenvalue weighted by Crippen LogP contribution is -2.46. The van der Waals surface area contributed by atoms with Crippen LogP contribution in [-0.4, -0.2) is 158 Å². The highest BCUT2D eigenvalue weighted by Gasteiger charge is 2.41. The summed E-state index contributed by atoms with van der Waals surface area (Å²) in [6.45, 7) is 22.8. The minimum absolute atomic E-state index is 0.0253. The minimum atomic E-state index is -3.90. The largest absolute Gasteiger partial charge is 0.500 e. The second kappa shape index (κ2) is 37.9. The first kappa shape index (κ1) is 68.4. The fourth-order valence-electron chi connectivity index (χ4n) is 8.04. The van der Waals surface area contributed by atoms with Crippen LogP contribution in [0.5, 0.6) is 0 Å². The molecule has 0 saturated heterocycles. The standard InChI is InChI=1S/C52H87N7O16SSi3/c1-10-67-77(68-11-2,69-12-3)41-19-34-53-50(60)56-44-24-30-48(31-25-44)76(63,64)49-32-26-46(27-33-49)58-57-45-22-28-47(29-23-45)59(37-39-65-51(61)54-35-20-42-78(70-13-4,71-14-5)72-15-6)38-40-66-52(62)55-36-21-43-79(73-16-7,74-17-8)75-18-9/h22-33H,10-21,34-43H2,1-9H3,(H,54,61)(H,55,62)(H2,53,56,60). The van der Waals surface area contributed by atoms with Crippen LogP contribution in [0.3, 0.4) is 0 Å². The predicted octanol–water partition coefficient (Wildman–Crippen LogP) is 9.63. The number of hydrogen-bond donors (Lipinski definition) is 4. The van der Waals surface area contributed by atoms with Crippen molar-refractivity contribution in [3.8, 4) is 0 Å². The van der Waals surface area contributed by atoms with Gasteiger partial charge in [-0.3, -0.25) is 0 Å². The lowest BCUT2D eigenvalue weighted by Gasteiger charge is -2.28. The van der Waals surface area contributed by atoms with Crippen LogP contribution in [0.15, 0.2) is 92.8 Å². The van der Waals surface area contributed by atoms with E-state index in [1.165, 1.54) is 36.4 Å². The topological polar surface area (TPSA) is 263 Å². The van der Waals surface area contributed by atoms with E-state index in [-0.39, 0.29) is 36.1 Å². The summed E-state index contributed by atoms with van der Waals surface area (Å²) in [5, 5.41) is 19.8. The molecule has 3 aromatic rings. The van der Waals surface area contributed by atoms with Gasteiger partial charge < -0.3 is 75.5 Å². The maximum atomic E-state index is 13.6. The highest BCUT2D eigenvalue weighted by molar-refractivity contribution is 7.91. The maximum absolute atomic E-state index is 13.6. The molecule has 3 rings (SSSR count). The van der Waals surface area contributed by atoms with Gasteiger partial charge in [-0.05, 0) is 154 Å². The fraction of sp³-hybridized carbons (Fsp3) is 0.596. The summed E-state index contributed by atoms with van der Waals surface area (Å²) >= 11 is 0. The van der Waals surface area contributed by atoms with Gasteiger partial charge in [0.2, 0.25) is 9.84 Å². The maximum Gasteiger partial charge on any atom is 0.500 e. The van der Waals surface area contributed by atoms with Crippen molar-refractivity contribution in [1.82, 2.24) is 16.0 Å². The minimum Gasteiger partial charge on any atom is -0.448 e. The zero-order valence-electron chi connectivity index (χ0n) is 47.8. The van der Waals surface area contributed by atoms with E-state index in [1.54, 1.807) is 24.3 Å². The van der Waals surface area contributed by atoms with Gasteiger partial charge in [0.05, 0.1) is 34.3 Å². The molecule has 0 heterocycles. The molecule has 0 aliphatic carbocycles. The number of urea groups is 1. The van der Waals surface area contributed by atoms with Crippen LogP contribution in [-0.2, 0) is 59.1 Å². The molecule has 0 radical (unpaired) electrons. The number of anilines is 2. The van der Waals surface area contributed by atoms with Crippen molar-refractivity contribution in [2.45, 2.75) is 109 Å². The summed E-state index contributed by atoms with van der Waals surface area (Å²) in [7, 11) is -12.4. The number of sulfone groups is 1. The first-order valence-electron chi connectivity index (χ1n) is 27.5. The molecule has 0 aliphatic rings. The van der Waals surface area contributed by atoms with Crippen molar-refractivity contribution in [2.24, 2.45) is 10.2 Å². The zero-order valence-corrected chi connectivity index (χ0v) is 51.6. The van der Waals surface area contributed by atoms with Gasteiger partial charge in [-0.25, -0.2) is 22.8 Å². The molecular weight excluding hydrogens is 1090 g/mol. The number of nitrogens with one attached hydrogen (secondary N) is 4. The van der Waals surface area contributed by atoms with E-state index in [0.717, 1.165) is 5.69 Å². The molecule has 0 aromatic heterocycles. The van der Waals surface area contributed by atoms with Gasteiger partial charge in [0.15, 0.2) is 0 Å². The van der Waals surface area contributed by atoms with E-state index >= 15 is 0 Å². The molecule has 27 heteroatoms. The van der Waals surface area contributed by atoms with Crippen LogP contribution in [0, 0.1) is 0 Å². The predicted molar refractivity (Wildman–Crippen MR) is 307 cm³/mol. The first-order chi connectivity index (χ1) is 38.1. The van der Waals surface area contributed by atoms with Crippen molar-refractivity contribution in [1.29, 1.82) is 0 Å². The number of ether oxygens (including phenoxy) is 2. The van der Waals surface area contributed by atoms with Crippen molar-refractivity contribution in [3.63, 3.8) is 0 Å². The second-order valence-corrected chi connectivity index (χ2v) is 27.1. The average molecular weight is 1180 g/mol.